The molecule has 0 saturated heterocycles. The second-order valence-electron chi connectivity index (χ2n) is 8.88. The molecule has 2 aromatic rings. The first-order chi connectivity index (χ1) is 14.2. The molecule has 0 bridgehead atoms. The number of amides is 1. The van der Waals surface area contributed by atoms with E-state index in [2.05, 4.69) is 26.1 Å². The number of hydrogen-bond acceptors (Lipinski definition) is 5. The van der Waals surface area contributed by atoms with Crippen LogP contribution in [0.25, 0.3) is 0 Å². The van der Waals surface area contributed by atoms with E-state index in [1.165, 1.54) is 22.2 Å². The highest BCUT2D eigenvalue weighted by molar-refractivity contribution is 8.00. The molecule has 1 amide bonds. The predicted octanol–water partition coefficient (Wildman–Crippen LogP) is 6.12. The van der Waals surface area contributed by atoms with Crippen molar-refractivity contribution in [1.82, 2.24) is 0 Å². The summed E-state index contributed by atoms with van der Waals surface area (Å²) in [5.74, 6) is 0.445. The summed E-state index contributed by atoms with van der Waals surface area (Å²) in [7, 11) is 0. The van der Waals surface area contributed by atoms with E-state index < -0.39 is 0 Å². The lowest BCUT2D eigenvalue weighted by molar-refractivity contribution is -0.113. The summed E-state index contributed by atoms with van der Waals surface area (Å²) in [6.45, 7) is 11.0. The number of ether oxygens (including phenoxy) is 1. The number of thiophene rings is 1. The van der Waals surface area contributed by atoms with Gasteiger partial charge in [-0.1, -0.05) is 38.5 Å². The molecule has 0 unspecified atom stereocenters. The summed E-state index contributed by atoms with van der Waals surface area (Å²) in [6.07, 6.45) is 2.86. The van der Waals surface area contributed by atoms with Gasteiger partial charge in [-0.2, -0.15) is 0 Å². The highest BCUT2D eigenvalue weighted by Gasteiger charge is 2.34. The van der Waals surface area contributed by atoms with Crippen LogP contribution < -0.4 is 5.32 Å². The standard InChI is InChI=1S/C24H31NO3S2/c1-6-28-23(27)21-18-12-9-16(24(3,4)5)13-19(18)30-22(21)25-20(26)14-29-17-10-7-15(2)8-11-17/h7-8,10-11,16H,6,9,12-14H2,1-5H3,(H,25,26)/t16-/m1/s1. The van der Waals surface area contributed by atoms with Crippen molar-refractivity contribution in [2.24, 2.45) is 11.3 Å². The van der Waals surface area contributed by atoms with Gasteiger partial charge in [-0.25, -0.2) is 4.79 Å². The highest BCUT2D eigenvalue weighted by atomic mass is 32.2. The molecular weight excluding hydrogens is 414 g/mol. The highest BCUT2D eigenvalue weighted by Crippen LogP contribution is 2.44. The molecule has 162 valence electrons. The molecule has 0 spiro atoms. The predicted molar refractivity (Wildman–Crippen MR) is 126 cm³/mol. The zero-order chi connectivity index (χ0) is 21.9. The molecule has 1 N–H and O–H groups in total. The van der Waals surface area contributed by atoms with E-state index in [0.29, 0.717) is 28.8 Å². The van der Waals surface area contributed by atoms with Crippen LogP contribution in [0.4, 0.5) is 5.00 Å². The summed E-state index contributed by atoms with van der Waals surface area (Å²) < 4.78 is 5.32. The minimum absolute atomic E-state index is 0.0999. The van der Waals surface area contributed by atoms with Crippen LogP contribution in [-0.2, 0) is 22.4 Å². The van der Waals surface area contributed by atoms with E-state index in [1.54, 1.807) is 11.3 Å². The van der Waals surface area contributed by atoms with E-state index in [9.17, 15) is 9.59 Å². The summed E-state index contributed by atoms with van der Waals surface area (Å²) >= 11 is 3.04. The topological polar surface area (TPSA) is 55.4 Å². The smallest absolute Gasteiger partial charge is 0.341 e. The van der Waals surface area contributed by atoms with E-state index in [4.69, 9.17) is 4.74 Å². The van der Waals surface area contributed by atoms with Gasteiger partial charge in [-0.3, -0.25) is 4.79 Å². The van der Waals surface area contributed by atoms with Crippen LogP contribution in [0.3, 0.4) is 0 Å². The average Bonchev–Trinajstić information content (AvgIpc) is 3.04. The Bertz CT molecular complexity index is 910. The molecular formula is C24H31NO3S2. The van der Waals surface area contributed by atoms with Gasteiger partial charge >= 0.3 is 5.97 Å². The van der Waals surface area contributed by atoms with Crippen LogP contribution >= 0.6 is 23.1 Å². The Morgan fingerprint density at radius 1 is 1.23 bits per heavy atom. The zero-order valence-electron chi connectivity index (χ0n) is 18.5. The first-order valence-electron chi connectivity index (χ1n) is 10.5. The molecule has 30 heavy (non-hydrogen) atoms. The first kappa shape index (κ1) is 22.9. The quantitative estimate of drug-likeness (QED) is 0.430. The Kier molecular flexibility index (Phi) is 7.30. The summed E-state index contributed by atoms with van der Waals surface area (Å²) in [6, 6.07) is 8.12. The average molecular weight is 446 g/mol. The largest absolute Gasteiger partial charge is 0.462 e. The van der Waals surface area contributed by atoms with Gasteiger partial charge in [0.15, 0.2) is 0 Å². The van der Waals surface area contributed by atoms with Crippen molar-refractivity contribution in [3.63, 3.8) is 0 Å². The number of hydrogen-bond donors (Lipinski definition) is 1. The van der Waals surface area contributed by atoms with E-state index in [-0.39, 0.29) is 17.3 Å². The van der Waals surface area contributed by atoms with Gasteiger partial charge < -0.3 is 10.1 Å². The number of aryl methyl sites for hydroxylation is 1. The molecule has 0 saturated carbocycles. The molecule has 3 rings (SSSR count). The maximum atomic E-state index is 12.7. The molecule has 0 fully saturated rings. The van der Waals surface area contributed by atoms with Gasteiger partial charge in [0.25, 0.3) is 0 Å². The third-order valence-electron chi connectivity index (χ3n) is 5.61. The van der Waals surface area contributed by atoms with Crippen molar-refractivity contribution in [2.45, 2.75) is 58.8 Å². The lowest BCUT2D eigenvalue weighted by Gasteiger charge is -2.33. The third-order valence-corrected chi connectivity index (χ3v) is 7.80. The number of thioether (sulfide) groups is 1. The molecule has 1 aromatic carbocycles. The monoisotopic (exact) mass is 445 g/mol. The van der Waals surface area contributed by atoms with Gasteiger partial charge in [-0.15, -0.1) is 23.1 Å². The maximum Gasteiger partial charge on any atom is 0.341 e. The number of esters is 1. The van der Waals surface area contributed by atoms with Gasteiger partial charge in [0.05, 0.1) is 17.9 Å². The number of carbonyl (C=O) groups is 2. The van der Waals surface area contributed by atoms with Crippen molar-refractivity contribution >= 4 is 40.0 Å². The van der Waals surface area contributed by atoms with Crippen LogP contribution in [0.15, 0.2) is 29.2 Å². The van der Waals surface area contributed by atoms with Gasteiger partial charge in [0.2, 0.25) is 5.91 Å². The van der Waals surface area contributed by atoms with Crippen LogP contribution in [0, 0.1) is 18.3 Å². The van der Waals surface area contributed by atoms with Crippen molar-refractivity contribution in [1.29, 1.82) is 0 Å². The Hall–Kier alpha value is -1.79. The minimum Gasteiger partial charge on any atom is -0.462 e. The van der Waals surface area contributed by atoms with Crippen molar-refractivity contribution in [2.75, 3.05) is 17.7 Å². The van der Waals surface area contributed by atoms with Crippen molar-refractivity contribution in [3.8, 4) is 0 Å². The molecule has 1 aliphatic rings. The lowest BCUT2D eigenvalue weighted by atomic mass is 9.72. The maximum absolute atomic E-state index is 12.7. The summed E-state index contributed by atoms with van der Waals surface area (Å²) in [5, 5.41) is 3.64. The van der Waals surface area contributed by atoms with E-state index in [0.717, 1.165) is 29.7 Å². The van der Waals surface area contributed by atoms with Crippen molar-refractivity contribution in [3.05, 3.63) is 45.8 Å². The molecule has 0 radical (unpaired) electrons. The summed E-state index contributed by atoms with van der Waals surface area (Å²) in [5.41, 5.74) is 3.05. The zero-order valence-corrected chi connectivity index (χ0v) is 20.1. The first-order valence-corrected chi connectivity index (χ1v) is 12.3. The number of carbonyl (C=O) groups excluding carboxylic acids is 2. The number of rotatable bonds is 6. The second-order valence-corrected chi connectivity index (χ2v) is 11.0. The van der Waals surface area contributed by atoms with Crippen LogP contribution in [0.5, 0.6) is 0 Å². The molecule has 1 aromatic heterocycles. The Balaban J connectivity index is 1.77. The Labute approximate surface area is 187 Å². The minimum atomic E-state index is -0.328. The second kappa shape index (κ2) is 9.56. The van der Waals surface area contributed by atoms with Gasteiger partial charge in [-0.05, 0) is 62.1 Å². The lowest BCUT2D eigenvalue weighted by Crippen LogP contribution is -2.26. The fourth-order valence-corrected chi connectivity index (χ4v) is 5.81. The van der Waals surface area contributed by atoms with Gasteiger partial charge in [0.1, 0.15) is 5.00 Å². The summed E-state index contributed by atoms with van der Waals surface area (Å²) in [4.78, 5) is 27.6. The normalized spacial score (nSPS) is 16.1. The Morgan fingerprint density at radius 2 is 1.93 bits per heavy atom. The molecule has 4 nitrogen and oxygen atoms in total. The van der Waals surface area contributed by atoms with Crippen molar-refractivity contribution < 1.29 is 14.3 Å². The van der Waals surface area contributed by atoms with Crippen LogP contribution in [-0.4, -0.2) is 24.2 Å². The van der Waals surface area contributed by atoms with Gasteiger partial charge in [0, 0.05) is 9.77 Å². The van der Waals surface area contributed by atoms with E-state index >= 15 is 0 Å². The fourth-order valence-electron chi connectivity index (χ4n) is 3.78. The molecule has 6 heteroatoms. The molecule has 1 aliphatic carbocycles. The third kappa shape index (κ3) is 5.46. The SMILES string of the molecule is CCOC(=O)c1c(NC(=O)CSc2ccc(C)cc2)sc2c1CC[C@@H](C(C)(C)C)C2. The van der Waals surface area contributed by atoms with E-state index in [1.807, 2.05) is 38.1 Å². The number of benzene rings is 1. The molecule has 1 atom stereocenters. The van der Waals surface area contributed by atoms with Crippen LogP contribution in [0.2, 0.25) is 0 Å². The molecule has 0 aliphatic heterocycles. The number of nitrogens with one attached hydrogen (secondary N) is 1. The fraction of sp³-hybridized carbons (Fsp3) is 0.500. The van der Waals surface area contributed by atoms with Crippen LogP contribution in [0.1, 0.15) is 60.5 Å². The molecule has 1 heterocycles. The number of fused-ring (bicyclic) bond motifs is 1. The Morgan fingerprint density at radius 3 is 2.57 bits per heavy atom. The number of anilines is 1.